The van der Waals surface area contributed by atoms with E-state index in [1.54, 1.807) is 30.3 Å². The second-order valence-corrected chi connectivity index (χ2v) is 8.06. The smallest absolute Gasteiger partial charge is 0.321 e. The van der Waals surface area contributed by atoms with Crippen molar-refractivity contribution in [3.63, 3.8) is 0 Å². The molecular weight excluding hydrogens is 438 g/mol. The maximum absolute atomic E-state index is 11.6. The highest BCUT2D eigenvalue weighted by atomic mass is 32.2. The van der Waals surface area contributed by atoms with E-state index in [1.807, 2.05) is 4.90 Å². The monoisotopic (exact) mass is 461 g/mol. The van der Waals surface area contributed by atoms with Crippen molar-refractivity contribution in [2.24, 2.45) is 10.2 Å². The van der Waals surface area contributed by atoms with Gasteiger partial charge in [-0.25, -0.2) is 0 Å². The van der Waals surface area contributed by atoms with Crippen LogP contribution in [0.25, 0.3) is 0 Å². The fourth-order valence-corrected chi connectivity index (χ4v) is 4.42. The van der Waals surface area contributed by atoms with E-state index < -0.39 is 16.9 Å². The molecule has 1 saturated heterocycles. The van der Waals surface area contributed by atoms with Crippen LogP contribution >= 0.6 is 11.8 Å². The number of carboxylic acids is 1. The van der Waals surface area contributed by atoms with Crippen molar-refractivity contribution in [2.75, 3.05) is 37.0 Å². The van der Waals surface area contributed by atoms with E-state index in [2.05, 4.69) is 15.5 Å². The lowest BCUT2D eigenvalue weighted by Gasteiger charge is -2.22. The quantitative estimate of drug-likeness (QED) is 0.237. The number of benzene rings is 2. The first kappa shape index (κ1) is 23.6. The first-order valence-electron chi connectivity index (χ1n) is 9.80. The van der Waals surface area contributed by atoms with Crippen LogP contribution in [0.3, 0.4) is 0 Å². The summed E-state index contributed by atoms with van der Waals surface area (Å²) in [6, 6.07) is 10.7. The Morgan fingerprint density at radius 3 is 2.41 bits per heavy atom. The molecule has 11 nitrogen and oxygen atoms in total. The molecule has 0 saturated carbocycles. The van der Waals surface area contributed by atoms with Gasteiger partial charge in [-0.1, -0.05) is 6.07 Å². The van der Waals surface area contributed by atoms with Crippen LogP contribution in [0.5, 0.6) is 0 Å². The first-order chi connectivity index (χ1) is 15.4. The lowest BCUT2D eigenvalue weighted by atomic mass is 10.1. The van der Waals surface area contributed by atoms with E-state index in [9.17, 15) is 14.9 Å². The summed E-state index contributed by atoms with van der Waals surface area (Å²) >= 11 is 1.37. The van der Waals surface area contributed by atoms with Crippen molar-refractivity contribution in [2.45, 2.75) is 11.4 Å². The predicted octanol–water partition coefficient (Wildman–Crippen LogP) is 2.59. The van der Waals surface area contributed by atoms with E-state index >= 15 is 0 Å². The van der Waals surface area contributed by atoms with Gasteiger partial charge in [-0.15, -0.1) is 16.9 Å². The van der Waals surface area contributed by atoms with Gasteiger partial charge in [0, 0.05) is 30.6 Å². The Kier molecular flexibility index (Phi) is 8.11. The zero-order chi connectivity index (χ0) is 23.1. The van der Waals surface area contributed by atoms with E-state index in [4.69, 9.17) is 15.3 Å². The lowest BCUT2D eigenvalue weighted by molar-refractivity contribution is -0.384. The highest BCUT2D eigenvalue weighted by Gasteiger charge is 2.31. The molecule has 32 heavy (non-hydrogen) atoms. The maximum atomic E-state index is 11.6. The molecule has 1 heterocycles. The molecule has 0 aromatic heterocycles. The number of carbonyl (C=O) groups is 1. The third-order valence-corrected chi connectivity index (χ3v) is 6.07. The van der Waals surface area contributed by atoms with Gasteiger partial charge in [0.2, 0.25) is 0 Å². The molecule has 170 valence electrons. The van der Waals surface area contributed by atoms with Crippen molar-refractivity contribution in [3.8, 4) is 0 Å². The molecule has 0 spiro atoms. The molecule has 0 amide bonds. The maximum Gasteiger partial charge on any atom is 0.321 e. The minimum atomic E-state index is -0.957. The number of aliphatic carboxylic acids is 1. The number of nitrogens with one attached hydrogen (secondary N) is 1. The zero-order valence-electron chi connectivity index (χ0n) is 17.0. The second-order valence-electron chi connectivity index (χ2n) is 6.93. The van der Waals surface area contributed by atoms with E-state index in [-0.39, 0.29) is 30.0 Å². The molecule has 1 aliphatic heterocycles. The van der Waals surface area contributed by atoms with Gasteiger partial charge in [0.1, 0.15) is 6.04 Å². The lowest BCUT2D eigenvalue weighted by Crippen LogP contribution is -2.33. The highest BCUT2D eigenvalue weighted by Crippen LogP contribution is 2.38. The second kappa shape index (κ2) is 11.0. The topological polar surface area (TPSA) is 161 Å². The molecule has 1 fully saturated rings. The number of hydrogen-bond donors (Lipinski definition) is 4. The van der Waals surface area contributed by atoms with Crippen LogP contribution < -0.4 is 10.2 Å². The van der Waals surface area contributed by atoms with Crippen molar-refractivity contribution in [1.29, 1.82) is 0 Å². The summed E-state index contributed by atoms with van der Waals surface area (Å²) in [4.78, 5) is 23.9. The summed E-state index contributed by atoms with van der Waals surface area (Å²) in [6.45, 7) is 0.655. The average Bonchev–Trinajstić information content (AvgIpc) is 3.28. The summed E-state index contributed by atoms with van der Waals surface area (Å²) in [7, 11) is 0. The van der Waals surface area contributed by atoms with Crippen molar-refractivity contribution < 1.29 is 25.0 Å². The van der Waals surface area contributed by atoms with Crippen LogP contribution in [0.1, 0.15) is 10.9 Å². The van der Waals surface area contributed by atoms with Gasteiger partial charge in [0.05, 0.1) is 29.2 Å². The summed E-state index contributed by atoms with van der Waals surface area (Å²) in [5.74, 6) is -0.582. The molecule has 3 rings (SSSR count). The summed E-state index contributed by atoms with van der Waals surface area (Å²) in [6.07, 6.45) is 0. The fourth-order valence-electron chi connectivity index (χ4n) is 3.19. The number of thioether (sulfide) groups is 1. The Bertz CT molecular complexity index is 981. The molecule has 0 aliphatic carbocycles. The van der Waals surface area contributed by atoms with Crippen LogP contribution in [-0.2, 0) is 4.79 Å². The van der Waals surface area contributed by atoms with Gasteiger partial charge in [-0.05, 0) is 35.9 Å². The van der Waals surface area contributed by atoms with Crippen LogP contribution in [-0.4, -0.2) is 64.3 Å². The zero-order valence-corrected chi connectivity index (χ0v) is 17.8. The van der Waals surface area contributed by atoms with Gasteiger partial charge < -0.3 is 20.2 Å². The Hall–Kier alpha value is -3.06. The average molecular weight is 462 g/mol. The normalized spacial score (nSPS) is 18.2. The van der Waals surface area contributed by atoms with Crippen LogP contribution in [0.2, 0.25) is 0 Å². The minimum Gasteiger partial charge on any atom is -0.480 e. The van der Waals surface area contributed by atoms with E-state index in [1.165, 1.54) is 23.9 Å². The number of rotatable bonds is 10. The molecule has 0 bridgehead atoms. The third-order valence-electron chi connectivity index (χ3n) is 4.81. The van der Waals surface area contributed by atoms with Crippen LogP contribution in [0.15, 0.2) is 52.7 Å². The van der Waals surface area contributed by atoms with Gasteiger partial charge in [-0.3, -0.25) is 20.2 Å². The Morgan fingerprint density at radius 1 is 1.16 bits per heavy atom. The number of aliphatic hydroxyl groups is 2. The molecule has 1 unspecified atom stereocenters. The molecule has 2 aromatic rings. The summed E-state index contributed by atoms with van der Waals surface area (Å²) in [5.41, 5.74) is 1.74. The number of anilines is 1. The molecular formula is C20H23N5O6S. The number of nitro benzene ring substituents is 1. The summed E-state index contributed by atoms with van der Waals surface area (Å²) < 4.78 is 0. The van der Waals surface area contributed by atoms with Gasteiger partial charge in [0.15, 0.2) is 5.69 Å². The van der Waals surface area contributed by atoms with Gasteiger partial charge >= 0.3 is 5.97 Å². The van der Waals surface area contributed by atoms with E-state index in [0.29, 0.717) is 30.1 Å². The SMILES string of the molecule is O=C(O)[C@@H]1CSC(c2ccc(N=Nc3ccc(N(CCO)CCO)cc3)c([N+](=O)[O-])c2)N1. The highest BCUT2D eigenvalue weighted by molar-refractivity contribution is 7.99. The first-order valence-corrected chi connectivity index (χ1v) is 10.8. The molecule has 12 heteroatoms. The number of nitrogens with zero attached hydrogens (tertiary/aromatic N) is 4. The predicted molar refractivity (Wildman–Crippen MR) is 120 cm³/mol. The van der Waals surface area contributed by atoms with Gasteiger partial charge in [-0.2, -0.15) is 5.11 Å². The Morgan fingerprint density at radius 2 is 1.84 bits per heavy atom. The molecule has 2 aromatic carbocycles. The number of hydrogen-bond acceptors (Lipinski definition) is 10. The molecule has 2 atom stereocenters. The van der Waals surface area contributed by atoms with Crippen molar-refractivity contribution in [1.82, 2.24) is 5.32 Å². The van der Waals surface area contributed by atoms with E-state index in [0.717, 1.165) is 5.69 Å². The standard InChI is InChI=1S/C20H23N5O6S/c26-9-7-24(8-10-27)15-4-2-14(3-5-15)22-23-16-6-1-13(11-18(16)25(30)31)19-21-17(12-32-19)20(28)29/h1-6,11,17,19,21,26-27H,7-10,12H2,(H,28,29)/t17-,19?/m0/s1. The molecule has 0 radical (unpaired) electrons. The van der Waals surface area contributed by atoms with Gasteiger partial charge in [0.25, 0.3) is 5.69 Å². The Labute approximate surface area is 187 Å². The van der Waals surface area contributed by atoms with Crippen LogP contribution in [0, 0.1) is 10.1 Å². The minimum absolute atomic E-state index is 0.0486. The number of carboxylic acid groups (broad SMARTS) is 1. The Balaban J connectivity index is 1.76. The number of azo groups is 1. The largest absolute Gasteiger partial charge is 0.480 e. The van der Waals surface area contributed by atoms with Crippen LogP contribution in [0.4, 0.5) is 22.7 Å². The molecule has 4 N–H and O–H groups in total. The van der Waals surface area contributed by atoms with Crippen molar-refractivity contribution >= 4 is 40.5 Å². The fraction of sp³-hybridized carbons (Fsp3) is 0.350. The molecule has 1 aliphatic rings. The summed E-state index contributed by atoms with van der Waals surface area (Å²) in [5, 5.41) is 49.6. The number of aliphatic hydroxyl groups excluding tert-OH is 2. The number of nitro groups is 1. The van der Waals surface area contributed by atoms with Crippen molar-refractivity contribution in [3.05, 3.63) is 58.1 Å². The third kappa shape index (κ3) is 5.79.